The van der Waals surface area contributed by atoms with Gasteiger partial charge in [-0.3, -0.25) is 0 Å². The van der Waals surface area contributed by atoms with E-state index < -0.39 is 0 Å². The molecule has 0 spiro atoms. The number of nitrogens with one attached hydrogen (secondary N) is 1. The van der Waals surface area contributed by atoms with Crippen molar-refractivity contribution in [2.24, 2.45) is 0 Å². The van der Waals surface area contributed by atoms with Crippen LogP contribution in [0.1, 0.15) is 31.0 Å². The predicted octanol–water partition coefficient (Wildman–Crippen LogP) is 3.18. The molecule has 90 valence electrons. The molecule has 0 aliphatic heterocycles. The number of hydrogen-bond donors (Lipinski definition) is 1. The molecule has 0 amide bonds. The molecule has 1 N–H and O–H groups in total. The maximum atomic E-state index is 4.54. The van der Waals surface area contributed by atoms with Crippen molar-refractivity contribution < 1.29 is 0 Å². The van der Waals surface area contributed by atoms with Gasteiger partial charge in [-0.15, -0.1) is 11.8 Å². The normalized spacial score (nSPS) is 12.8. The third-order valence-corrected chi connectivity index (χ3v) is 3.63. The number of aryl methyl sites for hydroxylation is 2. The van der Waals surface area contributed by atoms with Crippen molar-refractivity contribution in [1.82, 2.24) is 10.3 Å². The van der Waals surface area contributed by atoms with Gasteiger partial charge < -0.3 is 5.32 Å². The van der Waals surface area contributed by atoms with Crippen LogP contribution in [0.4, 0.5) is 0 Å². The van der Waals surface area contributed by atoms with Crippen molar-refractivity contribution in [1.29, 1.82) is 0 Å². The smallest absolute Gasteiger partial charge is 0.0966 e. The quantitative estimate of drug-likeness (QED) is 0.771. The lowest BCUT2D eigenvalue weighted by molar-refractivity contribution is 0.564. The number of hydrogen-bond acceptors (Lipinski definition) is 3. The highest BCUT2D eigenvalue weighted by atomic mass is 32.2. The zero-order valence-corrected chi connectivity index (χ0v) is 11.5. The van der Waals surface area contributed by atoms with Gasteiger partial charge in [-0.2, -0.15) is 0 Å². The van der Waals surface area contributed by atoms with Crippen LogP contribution in [0.15, 0.2) is 17.2 Å². The molecule has 1 rings (SSSR count). The fourth-order valence-corrected chi connectivity index (χ4v) is 2.91. The molecule has 0 fully saturated rings. The van der Waals surface area contributed by atoms with E-state index in [1.807, 2.05) is 18.8 Å². The zero-order chi connectivity index (χ0) is 12.0. The average Bonchev–Trinajstić information content (AvgIpc) is 2.23. The SMILES string of the molecule is CCCC(CSc1cc(C)cc(C)n1)NC. The van der Waals surface area contributed by atoms with Crippen LogP contribution in [0.25, 0.3) is 0 Å². The second-order valence-corrected chi connectivity index (χ2v) is 5.25. The van der Waals surface area contributed by atoms with Crippen LogP contribution in [-0.2, 0) is 0 Å². The number of pyridine rings is 1. The summed E-state index contributed by atoms with van der Waals surface area (Å²) in [6, 6.07) is 4.87. The van der Waals surface area contributed by atoms with Gasteiger partial charge in [0.15, 0.2) is 0 Å². The highest BCUT2D eigenvalue weighted by molar-refractivity contribution is 7.99. The molecule has 0 radical (unpaired) electrons. The molecule has 1 heterocycles. The third kappa shape index (κ3) is 4.54. The van der Waals surface area contributed by atoms with Gasteiger partial charge in [-0.05, 0) is 45.0 Å². The van der Waals surface area contributed by atoms with Crippen molar-refractivity contribution >= 4 is 11.8 Å². The van der Waals surface area contributed by atoms with E-state index in [0.29, 0.717) is 6.04 Å². The first-order chi connectivity index (χ1) is 7.65. The Morgan fingerprint density at radius 2 is 2.12 bits per heavy atom. The Hall–Kier alpha value is -0.540. The Balaban J connectivity index is 2.52. The largest absolute Gasteiger partial charge is 0.316 e. The van der Waals surface area contributed by atoms with Crippen molar-refractivity contribution in [3.05, 3.63) is 23.4 Å². The van der Waals surface area contributed by atoms with Gasteiger partial charge in [0.2, 0.25) is 0 Å². The van der Waals surface area contributed by atoms with E-state index in [-0.39, 0.29) is 0 Å². The van der Waals surface area contributed by atoms with E-state index in [1.165, 1.54) is 18.4 Å². The molecule has 1 aromatic rings. The Kier molecular flexibility index (Phi) is 5.85. The van der Waals surface area contributed by atoms with Gasteiger partial charge in [-0.1, -0.05) is 13.3 Å². The molecule has 1 aromatic heterocycles. The number of rotatable bonds is 6. The minimum Gasteiger partial charge on any atom is -0.316 e. The molecule has 0 bridgehead atoms. The average molecular weight is 238 g/mol. The Morgan fingerprint density at radius 3 is 2.69 bits per heavy atom. The third-order valence-electron chi connectivity index (χ3n) is 2.55. The van der Waals surface area contributed by atoms with Crippen LogP contribution >= 0.6 is 11.8 Å². The summed E-state index contributed by atoms with van der Waals surface area (Å²) in [6.07, 6.45) is 2.46. The molecular weight excluding hydrogens is 216 g/mol. The van der Waals surface area contributed by atoms with E-state index >= 15 is 0 Å². The molecule has 16 heavy (non-hydrogen) atoms. The summed E-state index contributed by atoms with van der Waals surface area (Å²) in [5, 5.41) is 4.50. The summed E-state index contributed by atoms with van der Waals surface area (Å²) in [7, 11) is 2.04. The molecule has 0 saturated carbocycles. The molecular formula is C13H22N2S. The lowest BCUT2D eigenvalue weighted by Crippen LogP contribution is -2.27. The lowest BCUT2D eigenvalue weighted by atomic mass is 10.2. The first-order valence-corrected chi connectivity index (χ1v) is 6.89. The summed E-state index contributed by atoms with van der Waals surface area (Å²) >= 11 is 1.85. The van der Waals surface area contributed by atoms with Crippen molar-refractivity contribution in [2.75, 3.05) is 12.8 Å². The van der Waals surface area contributed by atoms with E-state index in [9.17, 15) is 0 Å². The van der Waals surface area contributed by atoms with Crippen LogP contribution in [0.5, 0.6) is 0 Å². The Bertz CT molecular complexity index is 305. The van der Waals surface area contributed by atoms with Crippen molar-refractivity contribution in [2.45, 2.75) is 44.7 Å². The molecule has 0 saturated heterocycles. The van der Waals surface area contributed by atoms with E-state index in [2.05, 4.69) is 43.2 Å². The molecule has 0 aromatic carbocycles. The van der Waals surface area contributed by atoms with Gasteiger partial charge in [0, 0.05) is 17.5 Å². The first kappa shape index (κ1) is 13.5. The maximum absolute atomic E-state index is 4.54. The van der Waals surface area contributed by atoms with Crippen molar-refractivity contribution in [3.8, 4) is 0 Å². The monoisotopic (exact) mass is 238 g/mol. The van der Waals surface area contributed by atoms with Gasteiger partial charge in [-0.25, -0.2) is 4.98 Å². The van der Waals surface area contributed by atoms with Gasteiger partial charge in [0.1, 0.15) is 0 Å². The Morgan fingerprint density at radius 1 is 1.38 bits per heavy atom. The van der Waals surface area contributed by atoms with Crippen LogP contribution in [0, 0.1) is 13.8 Å². The number of nitrogens with zero attached hydrogens (tertiary/aromatic N) is 1. The summed E-state index contributed by atoms with van der Waals surface area (Å²) in [6.45, 7) is 6.41. The highest BCUT2D eigenvalue weighted by Crippen LogP contribution is 2.19. The number of aromatic nitrogens is 1. The minimum absolute atomic E-state index is 0.595. The van der Waals surface area contributed by atoms with Crippen LogP contribution in [0.3, 0.4) is 0 Å². The molecule has 3 heteroatoms. The fraction of sp³-hybridized carbons (Fsp3) is 0.615. The van der Waals surface area contributed by atoms with Gasteiger partial charge in [0.05, 0.1) is 5.03 Å². The molecule has 1 atom stereocenters. The predicted molar refractivity (Wildman–Crippen MR) is 72.2 cm³/mol. The molecule has 0 aliphatic carbocycles. The summed E-state index contributed by atoms with van der Waals surface area (Å²) in [4.78, 5) is 4.54. The lowest BCUT2D eigenvalue weighted by Gasteiger charge is -2.14. The van der Waals surface area contributed by atoms with Crippen LogP contribution < -0.4 is 5.32 Å². The summed E-state index contributed by atoms with van der Waals surface area (Å²) in [5.41, 5.74) is 2.41. The second-order valence-electron chi connectivity index (χ2n) is 4.21. The molecule has 0 aliphatic rings. The summed E-state index contributed by atoms with van der Waals surface area (Å²) in [5.74, 6) is 1.10. The van der Waals surface area contributed by atoms with E-state index in [1.54, 1.807) is 0 Å². The number of thioether (sulfide) groups is 1. The van der Waals surface area contributed by atoms with E-state index in [0.717, 1.165) is 16.5 Å². The van der Waals surface area contributed by atoms with Gasteiger partial charge >= 0.3 is 0 Å². The van der Waals surface area contributed by atoms with Crippen LogP contribution in [-0.4, -0.2) is 23.8 Å². The highest BCUT2D eigenvalue weighted by Gasteiger charge is 2.06. The Labute approximate surface area is 103 Å². The zero-order valence-electron chi connectivity index (χ0n) is 10.7. The summed E-state index contributed by atoms with van der Waals surface area (Å²) < 4.78 is 0. The van der Waals surface area contributed by atoms with Crippen LogP contribution in [0.2, 0.25) is 0 Å². The van der Waals surface area contributed by atoms with Crippen molar-refractivity contribution in [3.63, 3.8) is 0 Å². The molecule has 2 nitrogen and oxygen atoms in total. The van der Waals surface area contributed by atoms with E-state index in [4.69, 9.17) is 0 Å². The standard InChI is InChI=1S/C13H22N2S/c1-5-6-12(14-4)9-16-13-8-10(2)7-11(3)15-13/h7-8,12,14H,5-6,9H2,1-4H3. The molecule has 1 unspecified atom stereocenters. The second kappa shape index (κ2) is 6.92. The van der Waals surface area contributed by atoms with Gasteiger partial charge in [0.25, 0.3) is 0 Å². The fourth-order valence-electron chi connectivity index (χ4n) is 1.72. The minimum atomic E-state index is 0.595. The first-order valence-electron chi connectivity index (χ1n) is 5.91. The maximum Gasteiger partial charge on any atom is 0.0966 e. The topological polar surface area (TPSA) is 24.9 Å².